The van der Waals surface area contributed by atoms with Crippen LogP contribution < -0.4 is 6.15 Å². The second-order valence-corrected chi connectivity index (χ2v) is 6.94. The van der Waals surface area contributed by atoms with Crippen LogP contribution in [0, 0.1) is 15.9 Å². The Bertz CT molecular complexity index is 746. The van der Waals surface area contributed by atoms with E-state index in [0.29, 0.717) is 5.71 Å². The first-order valence-corrected chi connectivity index (χ1v) is 7.22. The fourth-order valence-corrected chi connectivity index (χ4v) is 4.69. The van der Waals surface area contributed by atoms with Crippen molar-refractivity contribution < 1.29 is 17.7 Å². The van der Waals surface area contributed by atoms with Gasteiger partial charge in [0.05, 0.1) is 10.7 Å². The van der Waals surface area contributed by atoms with E-state index in [-0.39, 0.29) is 23.2 Å². The van der Waals surface area contributed by atoms with Crippen molar-refractivity contribution in [1.29, 1.82) is 0 Å². The SMILES string of the molecule is CC1(c2cc([N+](=O)[O-])ccc2F)N=C2CS(=O)(=O)C21.N. The maximum absolute atomic E-state index is 13.8. The number of hydrogen-bond acceptors (Lipinski definition) is 6. The third kappa shape index (κ3) is 1.66. The normalized spacial score (nSPS) is 29.1. The van der Waals surface area contributed by atoms with Crippen molar-refractivity contribution in [3.8, 4) is 0 Å². The molecule has 2 atom stereocenters. The van der Waals surface area contributed by atoms with Crippen molar-refractivity contribution in [2.24, 2.45) is 4.99 Å². The Labute approximate surface area is 114 Å². The number of hydrogen-bond donors (Lipinski definition) is 1. The van der Waals surface area contributed by atoms with Crippen molar-refractivity contribution in [3.63, 3.8) is 0 Å². The van der Waals surface area contributed by atoms with Gasteiger partial charge >= 0.3 is 0 Å². The Hall–Kier alpha value is -1.87. The lowest BCUT2D eigenvalue weighted by Gasteiger charge is -2.49. The molecule has 2 unspecified atom stereocenters. The van der Waals surface area contributed by atoms with E-state index in [0.717, 1.165) is 18.2 Å². The molecule has 3 N–H and O–H groups in total. The number of aliphatic imine (C=N–C) groups is 1. The first kappa shape index (κ1) is 14.5. The smallest absolute Gasteiger partial charge is 0.270 e. The zero-order valence-corrected chi connectivity index (χ0v) is 11.4. The molecule has 0 aliphatic carbocycles. The summed E-state index contributed by atoms with van der Waals surface area (Å²) in [6.07, 6.45) is 0. The molecular formula is C11H12FN3O4S. The maximum atomic E-state index is 13.8. The van der Waals surface area contributed by atoms with Crippen molar-refractivity contribution in [2.75, 3.05) is 5.75 Å². The molecule has 1 saturated heterocycles. The van der Waals surface area contributed by atoms with Gasteiger partial charge in [0.1, 0.15) is 16.6 Å². The topological polar surface area (TPSA) is 125 Å². The van der Waals surface area contributed by atoms with Crippen molar-refractivity contribution in [2.45, 2.75) is 17.7 Å². The first-order chi connectivity index (χ1) is 8.75. The van der Waals surface area contributed by atoms with E-state index in [9.17, 15) is 22.9 Å². The number of halogens is 1. The minimum Gasteiger partial charge on any atom is -0.344 e. The fraction of sp³-hybridized carbons (Fsp3) is 0.364. The van der Waals surface area contributed by atoms with Crippen LogP contribution in [0.1, 0.15) is 12.5 Å². The molecule has 2 aliphatic heterocycles. The molecule has 7 nitrogen and oxygen atoms in total. The van der Waals surface area contributed by atoms with E-state index < -0.39 is 31.4 Å². The summed E-state index contributed by atoms with van der Waals surface area (Å²) in [4.78, 5) is 14.2. The molecule has 0 spiro atoms. The molecule has 0 saturated carbocycles. The Morgan fingerprint density at radius 1 is 1.50 bits per heavy atom. The molecule has 2 aliphatic rings. The predicted molar refractivity (Wildman–Crippen MR) is 70.4 cm³/mol. The van der Waals surface area contributed by atoms with E-state index in [4.69, 9.17) is 0 Å². The summed E-state index contributed by atoms with van der Waals surface area (Å²) in [7, 11) is -3.30. The van der Waals surface area contributed by atoms with Gasteiger partial charge in [-0.05, 0) is 13.0 Å². The van der Waals surface area contributed by atoms with Gasteiger partial charge in [0.15, 0.2) is 9.84 Å². The molecule has 108 valence electrons. The number of benzene rings is 1. The van der Waals surface area contributed by atoms with Crippen LogP contribution in [-0.2, 0) is 15.4 Å². The predicted octanol–water partition coefficient (Wildman–Crippen LogP) is 1.36. The third-order valence-electron chi connectivity index (χ3n) is 3.60. The molecule has 20 heavy (non-hydrogen) atoms. The highest BCUT2D eigenvalue weighted by molar-refractivity contribution is 7.96. The summed E-state index contributed by atoms with van der Waals surface area (Å²) in [5, 5.41) is 9.88. The van der Waals surface area contributed by atoms with Gasteiger partial charge in [-0.1, -0.05) is 0 Å². The second kappa shape index (κ2) is 4.06. The lowest BCUT2D eigenvalue weighted by atomic mass is 9.80. The highest BCUT2D eigenvalue weighted by Gasteiger charge is 2.62. The number of fused-ring (bicyclic) bond motifs is 1. The van der Waals surface area contributed by atoms with Crippen LogP contribution in [-0.4, -0.2) is 30.1 Å². The fourth-order valence-electron chi connectivity index (χ4n) is 2.74. The Kier molecular flexibility index (Phi) is 2.95. The number of rotatable bonds is 2. The number of sulfone groups is 1. The van der Waals surface area contributed by atoms with Crippen LogP contribution in [0.4, 0.5) is 10.1 Å². The average molecular weight is 301 g/mol. The third-order valence-corrected chi connectivity index (χ3v) is 5.75. The van der Waals surface area contributed by atoms with Gasteiger partial charge in [-0.2, -0.15) is 0 Å². The van der Waals surface area contributed by atoms with Crippen LogP contribution >= 0.6 is 0 Å². The highest BCUT2D eigenvalue weighted by atomic mass is 32.2. The van der Waals surface area contributed by atoms with E-state index in [1.165, 1.54) is 6.92 Å². The molecule has 2 heterocycles. The molecule has 0 aromatic heterocycles. The summed E-state index contributed by atoms with van der Waals surface area (Å²) >= 11 is 0. The van der Waals surface area contributed by atoms with Crippen LogP contribution in [0.25, 0.3) is 0 Å². The second-order valence-electron chi connectivity index (χ2n) is 4.86. The molecule has 1 fully saturated rings. The zero-order chi connectivity index (χ0) is 14.0. The van der Waals surface area contributed by atoms with Gasteiger partial charge in [0.2, 0.25) is 0 Å². The molecule has 0 amide bonds. The molecule has 9 heteroatoms. The monoisotopic (exact) mass is 301 g/mol. The molecular weight excluding hydrogens is 289 g/mol. The highest BCUT2D eigenvalue weighted by Crippen LogP contribution is 2.48. The summed E-state index contributed by atoms with van der Waals surface area (Å²) in [5.41, 5.74) is -1.05. The largest absolute Gasteiger partial charge is 0.344 e. The van der Waals surface area contributed by atoms with Crippen molar-refractivity contribution in [3.05, 3.63) is 39.7 Å². The Morgan fingerprint density at radius 2 is 2.15 bits per heavy atom. The van der Waals surface area contributed by atoms with E-state index in [1.807, 2.05) is 0 Å². The summed E-state index contributed by atoms with van der Waals surface area (Å²) in [5.74, 6) is -0.776. The lowest BCUT2D eigenvalue weighted by Crippen LogP contribution is -2.66. The summed E-state index contributed by atoms with van der Waals surface area (Å²) in [6.45, 7) is 1.49. The summed E-state index contributed by atoms with van der Waals surface area (Å²) < 4.78 is 37.2. The quantitative estimate of drug-likeness (QED) is 0.652. The average Bonchev–Trinajstić information content (AvgIpc) is 2.25. The molecule has 0 bridgehead atoms. The van der Waals surface area contributed by atoms with Gasteiger partial charge in [-0.25, -0.2) is 12.8 Å². The van der Waals surface area contributed by atoms with Crippen LogP contribution in [0.2, 0.25) is 0 Å². The minimum absolute atomic E-state index is 0. The molecule has 1 aromatic rings. The molecule has 3 rings (SSSR count). The molecule has 1 aromatic carbocycles. The van der Waals surface area contributed by atoms with Gasteiger partial charge < -0.3 is 6.15 Å². The molecule has 0 radical (unpaired) electrons. The standard InChI is InChI=1S/C11H9FN2O4S.H3N/c1-11(10-9(13-11)5-19(10,17)18)7-4-6(14(15)16)2-3-8(7)12;/h2-4,10H,5H2,1H3;1H3. The van der Waals surface area contributed by atoms with Crippen LogP contribution in [0.3, 0.4) is 0 Å². The number of nitro groups is 1. The van der Waals surface area contributed by atoms with Crippen LogP contribution in [0.5, 0.6) is 0 Å². The number of nitrogens with zero attached hydrogens (tertiary/aromatic N) is 2. The van der Waals surface area contributed by atoms with E-state index in [2.05, 4.69) is 4.99 Å². The summed E-state index contributed by atoms with van der Waals surface area (Å²) in [6, 6.07) is 3.07. The Morgan fingerprint density at radius 3 is 2.65 bits per heavy atom. The first-order valence-electron chi connectivity index (χ1n) is 5.50. The zero-order valence-electron chi connectivity index (χ0n) is 10.5. The number of non-ortho nitro benzene ring substituents is 1. The van der Waals surface area contributed by atoms with E-state index in [1.54, 1.807) is 0 Å². The minimum atomic E-state index is -3.30. The van der Waals surface area contributed by atoms with Crippen molar-refractivity contribution in [1.82, 2.24) is 6.15 Å². The van der Waals surface area contributed by atoms with Gasteiger partial charge in [0, 0.05) is 23.4 Å². The van der Waals surface area contributed by atoms with Gasteiger partial charge in [-0.3, -0.25) is 15.1 Å². The van der Waals surface area contributed by atoms with E-state index >= 15 is 0 Å². The lowest BCUT2D eigenvalue weighted by molar-refractivity contribution is -0.385. The van der Waals surface area contributed by atoms with Gasteiger partial charge in [0.25, 0.3) is 5.69 Å². The van der Waals surface area contributed by atoms with Crippen molar-refractivity contribution >= 4 is 21.2 Å². The Balaban J connectivity index is 0.00000147. The van der Waals surface area contributed by atoms with Gasteiger partial charge in [-0.15, -0.1) is 0 Å². The number of nitro benzene ring substituents is 1. The maximum Gasteiger partial charge on any atom is 0.270 e. The van der Waals surface area contributed by atoms with Crippen LogP contribution in [0.15, 0.2) is 23.2 Å².